The molecule has 1 saturated heterocycles. The number of hydrogen-bond donors (Lipinski definition) is 1. The van der Waals surface area contributed by atoms with Gasteiger partial charge >= 0.3 is 0 Å². The van der Waals surface area contributed by atoms with Crippen molar-refractivity contribution in [1.29, 1.82) is 0 Å². The highest BCUT2D eigenvalue weighted by molar-refractivity contribution is 7.99. The second kappa shape index (κ2) is 9.28. The largest absolute Gasteiger partial charge is 0.486 e. The molecular weight excluding hydrogens is 372 g/mol. The maximum absolute atomic E-state index is 12.3. The number of nitrogens with one attached hydrogen (secondary N) is 1. The van der Waals surface area contributed by atoms with Gasteiger partial charge in [-0.2, -0.15) is 0 Å². The van der Waals surface area contributed by atoms with Crippen molar-refractivity contribution >= 4 is 29.3 Å². The number of amides is 1. The molecular formula is C18H23ClN4O2S. The number of likely N-dealkylation sites (tertiary alicyclic amines) is 1. The molecule has 3 rings (SSSR count). The SMILES string of the molecule is Cc1cc(OCc2nc(SCC(=O)N3CCCCCC3)n[nH]2)ccc1Cl. The number of hydrogen-bond acceptors (Lipinski definition) is 5. The molecule has 0 spiro atoms. The van der Waals surface area contributed by atoms with Crippen LogP contribution in [-0.2, 0) is 11.4 Å². The Morgan fingerprint density at radius 3 is 2.81 bits per heavy atom. The lowest BCUT2D eigenvalue weighted by Gasteiger charge is -2.19. The maximum Gasteiger partial charge on any atom is 0.233 e. The van der Waals surface area contributed by atoms with E-state index in [0.717, 1.165) is 37.2 Å². The summed E-state index contributed by atoms with van der Waals surface area (Å²) in [5, 5.41) is 8.29. The summed E-state index contributed by atoms with van der Waals surface area (Å²) in [6.07, 6.45) is 4.63. The van der Waals surface area contributed by atoms with Crippen LogP contribution in [0, 0.1) is 6.92 Å². The molecule has 0 radical (unpaired) electrons. The van der Waals surface area contributed by atoms with Crippen LogP contribution >= 0.6 is 23.4 Å². The van der Waals surface area contributed by atoms with Gasteiger partial charge < -0.3 is 9.64 Å². The van der Waals surface area contributed by atoms with Gasteiger partial charge in [0, 0.05) is 18.1 Å². The summed E-state index contributed by atoms with van der Waals surface area (Å²) in [5.41, 5.74) is 0.963. The molecule has 0 unspecified atom stereocenters. The molecule has 26 heavy (non-hydrogen) atoms. The second-order valence-electron chi connectivity index (χ2n) is 6.35. The molecule has 1 aliphatic rings. The summed E-state index contributed by atoms with van der Waals surface area (Å²) in [5.74, 6) is 1.89. The molecule has 1 amide bonds. The molecule has 140 valence electrons. The Balaban J connectivity index is 1.46. The average molecular weight is 395 g/mol. The zero-order valence-corrected chi connectivity index (χ0v) is 16.4. The Morgan fingerprint density at radius 1 is 1.31 bits per heavy atom. The number of H-pyrrole nitrogens is 1. The topological polar surface area (TPSA) is 71.1 Å². The van der Waals surface area contributed by atoms with Gasteiger partial charge in [0.05, 0.1) is 5.75 Å². The molecule has 2 aromatic rings. The van der Waals surface area contributed by atoms with Gasteiger partial charge in [0.25, 0.3) is 0 Å². The molecule has 0 saturated carbocycles. The minimum Gasteiger partial charge on any atom is -0.486 e. The van der Waals surface area contributed by atoms with E-state index in [2.05, 4.69) is 15.2 Å². The second-order valence-corrected chi connectivity index (χ2v) is 7.70. The van der Waals surface area contributed by atoms with Crippen molar-refractivity contribution < 1.29 is 9.53 Å². The van der Waals surface area contributed by atoms with Crippen LogP contribution in [0.2, 0.25) is 5.02 Å². The molecule has 8 heteroatoms. The minimum absolute atomic E-state index is 0.163. The van der Waals surface area contributed by atoms with E-state index in [-0.39, 0.29) is 12.5 Å². The van der Waals surface area contributed by atoms with Crippen LogP contribution in [0.25, 0.3) is 0 Å². The normalized spacial score (nSPS) is 14.9. The summed E-state index contributed by atoms with van der Waals surface area (Å²) in [6, 6.07) is 5.51. The Hall–Kier alpha value is -1.73. The van der Waals surface area contributed by atoms with E-state index < -0.39 is 0 Å². The van der Waals surface area contributed by atoms with E-state index in [1.54, 1.807) is 0 Å². The zero-order valence-electron chi connectivity index (χ0n) is 14.8. The van der Waals surface area contributed by atoms with E-state index in [9.17, 15) is 4.79 Å². The molecule has 0 atom stereocenters. The van der Waals surface area contributed by atoms with Crippen LogP contribution in [0.1, 0.15) is 37.1 Å². The lowest BCUT2D eigenvalue weighted by molar-refractivity contribution is -0.128. The fourth-order valence-corrected chi connectivity index (χ4v) is 3.64. The number of halogens is 1. The van der Waals surface area contributed by atoms with Crippen molar-refractivity contribution in [2.45, 2.75) is 44.4 Å². The number of carbonyl (C=O) groups excluding carboxylic acids is 1. The third-order valence-corrected chi connectivity index (χ3v) is 5.56. The van der Waals surface area contributed by atoms with E-state index in [4.69, 9.17) is 16.3 Å². The predicted octanol–water partition coefficient (Wildman–Crippen LogP) is 3.84. The standard InChI is InChI=1S/C18H23ClN4O2S/c1-13-10-14(6-7-15(13)19)25-11-16-20-18(22-21-16)26-12-17(24)23-8-4-2-3-5-9-23/h6-7,10H,2-5,8-9,11-12H2,1H3,(H,20,21,22). The lowest BCUT2D eigenvalue weighted by atomic mass is 10.2. The first-order valence-electron chi connectivity index (χ1n) is 8.82. The zero-order chi connectivity index (χ0) is 18.4. The van der Waals surface area contributed by atoms with E-state index in [1.807, 2.05) is 30.0 Å². The first-order chi connectivity index (χ1) is 12.6. The van der Waals surface area contributed by atoms with E-state index in [1.165, 1.54) is 24.6 Å². The maximum atomic E-state index is 12.3. The monoisotopic (exact) mass is 394 g/mol. The number of benzene rings is 1. The van der Waals surface area contributed by atoms with Crippen molar-refractivity contribution in [3.63, 3.8) is 0 Å². The molecule has 1 aromatic heterocycles. The summed E-state index contributed by atoms with van der Waals surface area (Å²) in [6.45, 7) is 3.95. The number of carbonyl (C=O) groups is 1. The van der Waals surface area contributed by atoms with Gasteiger partial charge in [-0.1, -0.05) is 36.2 Å². The van der Waals surface area contributed by atoms with Crippen molar-refractivity contribution in [3.05, 3.63) is 34.6 Å². The Labute approximate surface area is 162 Å². The third-order valence-electron chi connectivity index (χ3n) is 4.30. The van der Waals surface area contributed by atoms with Crippen molar-refractivity contribution in [2.75, 3.05) is 18.8 Å². The van der Waals surface area contributed by atoms with Gasteiger partial charge in [-0.15, -0.1) is 5.10 Å². The molecule has 0 aliphatic carbocycles. The van der Waals surface area contributed by atoms with Crippen LogP contribution in [0.5, 0.6) is 5.75 Å². The number of rotatable bonds is 6. The number of aromatic nitrogens is 3. The Morgan fingerprint density at radius 2 is 2.08 bits per heavy atom. The van der Waals surface area contributed by atoms with Crippen LogP contribution in [-0.4, -0.2) is 44.8 Å². The molecule has 6 nitrogen and oxygen atoms in total. The quantitative estimate of drug-likeness (QED) is 0.753. The Kier molecular flexibility index (Phi) is 6.80. The van der Waals surface area contributed by atoms with Crippen LogP contribution < -0.4 is 4.74 Å². The highest BCUT2D eigenvalue weighted by Crippen LogP contribution is 2.22. The molecule has 0 bridgehead atoms. The van der Waals surface area contributed by atoms with Crippen molar-refractivity contribution in [3.8, 4) is 5.75 Å². The van der Waals surface area contributed by atoms with Gasteiger partial charge in [-0.25, -0.2) is 4.98 Å². The Bertz CT molecular complexity index is 745. The molecule has 1 aromatic carbocycles. The van der Waals surface area contributed by atoms with Crippen LogP contribution in [0.4, 0.5) is 0 Å². The number of nitrogens with zero attached hydrogens (tertiary/aromatic N) is 3. The summed E-state index contributed by atoms with van der Waals surface area (Å²) >= 11 is 7.37. The minimum atomic E-state index is 0.163. The third kappa shape index (κ3) is 5.38. The number of aromatic amines is 1. The first-order valence-corrected chi connectivity index (χ1v) is 10.2. The molecule has 2 heterocycles. The van der Waals surface area contributed by atoms with E-state index in [0.29, 0.717) is 21.8 Å². The smallest absolute Gasteiger partial charge is 0.233 e. The van der Waals surface area contributed by atoms with Gasteiger partial charge in [0.15, 0.2) is 5.82 Å². The van der Waals surface area contributed by atoms with Gasteiger partial charge in [-0.3, -0.25) is 9.89 Å². The fourth-order valence-electron chi connectivity index (χ4n) is 2.80. The molecule has 1 aliphatic heterocycles. The van der Waals surface area contributed by atoms with E-state index >= 15 is 0 Å². The summed E-state index contributed by atoms with van der Waals surface area (Å²) in [4.78, 5) is 18.6. The average Bonchev–Trinajstić information content (AvgIpc) is 2.91. The molecule has 1 fully saturated rings. The van der Waals surface area contributed by atoms with Gasteiger partial charge in [-0.05, 0) is 43.5 Å². The van der Waals surface area contributed by atoms with Crippen LogP contribution in [0.15, 0.2) is 23.4 Å². The summed E-state index contributed by atoms with van der Waals surface area (Å²) in [7, 11) is 0. The van der Waals surface area contributed by atoms with Gasteiger partial charge in [0.2, 0.25) is 11.1 Å². The van der Waals surface area contributed by atoms with Crippen molar-refractivity contribution in [2.24, 2.45) is 0 Å². The number of aryl methyl sites for hydroxylation is 1. The van der Waals surface area contributed by atoms with Gasteiger partial charge in [0.1, 0.15) is 12.4 Å². The van der Waals surface area contributed by atoms with Crippen LogP contribution in [0.3, 0.4) is 0 Å². The number of thioether (sulfide) groups is 1. The van der Waals surface area contributed by atoms with Crippen molar-refractivity contribution in [1.82, 2.24) is 20.1 Å². The number of ether oxygens (including phenoxy) is 1. The predicted molar refractivity (Wildman–Crippen MR) is 103 cm³/mol. The first kappa shape index (κ1) is 19.0. The molecule has 1 N–H and O–H groups in total. The fraction of sp³-hybridized carbons (Fsp3) is 0.500. The summed E-state index contributed by atoms with van der Waals surface area (Å²) < 4.78 is 5.70. The highest BCUT2D eigenvalue weighted by atomic mass is 35.5. The highest BCUT2D eigenvalue weighted by Gasteiger charge is 2.16. The lowest BCUT2D eigenvalue weighted by Crippen LogP contribution is -2.33.